The predicted octanol–water partition coefficient (Wildman–Crippen LogP) is 4.10. The van der Waals surface area contributed by atoms with Crippen LogP contribution in [0.2, 0.25) is 4.34 Å². The molecule has 0 bridgehead atoms. The van der Waals surface area contributed by atoms with Crippen LogP contribution < -0.4 is 5.32 Å². The zero-order chi connectivity index (χ0) is 15.4. The molecule has 3 rings (SSSR count). The minimum absolute atomic E-state index is 0.0437. The van der Waals surface area contributed by atoms with Gasteiger partial charge in [-0.2, -0.15) is 0 Å². The zero-order valence-electron chi connectivity index (χ0n) is 11.2. The first kappa shape index (κ1) is 14.5. The van der Waals surface area contributed by atoms with Crippen molar-refractivity contribution in [1.82, 2.24) is 10.2 Å². The summed E-state index contributed by atoms with van der Waals surface area (Å²) in [7, 11) is 0. The number of nitrogens with zero attached hydrogens (tertiary/aromatic N) is 2. The predicted molar refractivity (Wildman–Crippen MR) is 86.7 cm³/mol. The molecule has 1 amide bonds. The Morgan fingerprint density at radius 2 is 2.00 bits per heavy atom. The maximum atomic E-state index is 11.8. The highest BCUT2D eigenvalue weighted by molar-refractivity contribution is 7.19. The number of thiophene rings is 1. The van der Waals surface area contributed by atoms with Crippen LogP contribution in [0, 0.1) is 0 Å². The monoisotopic (exact) mass is 331 g/mol. The van der Waals surface area contributed by atoms with Crippen molar-refractivity contribution in [3.63, 3.8) is 0 Å². The van der Waals surface area contributed by atoms with Gasteiger partial charge in [-0.15, -0.1) is 16.4 Å². The maximum Gasteiger partial charge on any atom is 0.322 e. The van der Waals surface area contributed by atoms with Gasteiger partial charge in [-0.3, -0.25) is 10.1 Å². The molecule has 22 heavy (non-hydrogen) atoms. The maximum absolute atomic E-state index is 11.8. The van der Waals surface area contributed by atoms with Gasteiger partial charge in [0, 0.05) is 6.08 Å². The van der Waals surface area contributed by atoms with Gasteiger partial charge < -0.3 is 4.42 Å². The average molecular weight is 332 g/mol. The lowest BCUT2D eigenvalue weighted by atomic mass is 10.2. The molecule has 7 heteroatoms. The molecular formula is C15H10ClN3O2S. The van der Waals surface area contributed by atoms with E-state index < -0.39 is 0 Å². The number of halogens is 1. The zero-order valence-corrected chi connectivity index (χ0v) is 12.8. The second-order valence-corrected chi connectivity index (χ2v) is 5.96. The molecule has 3 aromatic rings. The number of rotatable bonds is 4. The lowest BCUT2D eigenvalue weighted by molar-refractivity contribution is -0.112. The minimum atomic E-state index is -0.344. The number of amides is 1. The molecule has 5 nitrogen and oxygen atoms in total. The summed E-state index contributed by atoms with van der Waals surface area (Å²) in [5.41, 5.74) is 0.928. The summed E-state index contributed by atoms with van der Waals surface area (Å²) in [6, 6.07) is 13.1. The molecule has 0 atom stereocenters. The summed E-state index contributed by atoms with van der Waals surface area (Å²) in [6.07, 6.45) is 3.10. The summed E-state index contributed by atoms with van der Waals surface area (Å²) in [6.45, 7) is 0. The molecule has 2 aromatic heterocycles. The largest absolute Gasteiger partial charge is 0.402 e. The van der Waals surface area contributed by atoms with Gasteiger partial charge in [-0.25, -0.2) is 0 Å². The van der Waals surface area contributed by atoms with Crippen LogP contribution in [0.15, 0.2) is 53.0 Å². The molecule has 0 spiro atoms. The normalized spacial score (nSPS) is 11.0. The third kappa shape index (κ3) is 3.60. The number of carbonyl (C=O) groups is 1. The van der Waals surface area contributed by atoms with Crippen molar-refractivity contribution in [3.05, 3.63) is 58.4 Å². The standard InChI is InChI=1S/C15H10ClN3O2S/c16-12-8-7-11(22-12)14-18-19-15(21-14)17-13(20)9-6-10-4-2-1-3-5-10/h1-9H,(H,17,19,20). The molecule has 0 fully saturated rings. The Bertz CT molecular complexity index is 811. The second-order valence-electron chi connectivity index (χ2n) is 4.25. The van der Waals surface area contributed by atoms with E-state index in [-0.39, 0.29) is 11.9 Å². The summed E-state index contributed by atoms with van der Waals surface area (Å²) in [5.74, 6) is -0.0255. The highest BCUT2D eigenvalue weighted by Crippen LogP contribution is 2.30. The van der Waals surface area contributed by atoms with Gasteiger partial charge in [0.1, 0.15) is 0 Å². The molecule has 0 aliphatic carbocycles. The van der Waals surface area contributed by atoms with Gasteiger partial charge in [-0.05, 0) is 23.8 Å². The van der Waals surface area contributed by atoms with Crippen molar-refractivity contribution in [2.75, 3.05) is 5.32 Å². The second kappa shape index (κ2) is 6.55. The molecule has 0 radical (unpaired) electrons. The molecular weight excluding hydrogens is 322 g/mol. The number of carbonyl (C=O) groups excluding carboxylic acids is 1. The van der Waals surface area contributed by atoms with E-state index in [0.29, 0.717) is 10.2 Å². The van der Waals surface area contributed by atoms with E-state index >= 15 is 0 Å². The van der Waals surface area contributed by atoms with Crippen LogP contribution >= 0.6 is 22.9 Å². The molecule has 110 valence electrons. The molecule has 0 aliphatic rings. The van der Waals surface area contributed by atoms with E-state index in [0.717, 1.165) is 10.4 Å². The Morgan fingerprint density at radius 3 is 2.73 bits per heavy atom. The SMILES string of the molecule is O=C(C=Cc1ccccc1)Nc1nnc(-c2ccc(Cl)s2)o1. The van der Waals surface area contributed by atoms with Crippen molar-refractivity contribution >= 4 is 40.9 Å². The number of benzene rings is 1. The van der Waals surface area contributed by atoms with Crippen LogP contribution in [0.4, 0.5) is 6.01 Å². The van der Waals surface area contributed by atoms with Gasteiger partial charge in [0.15, 0.2) is 0 Å². The number of hydrogen-bond donors (Lipinski definition) is 1. The van der Waals surface area contributed by atoms with Crippen LogP contribution in [0.1, 0.15) is 5.56 Å². The van der Waals surface area contributed by atoms with E-state index in [9.17, 15) is 4.79 Å². The molecule has 1 aromatic carbocycles. The van der Waals surface area contributed by atoms with Crippen molar-refractivity contribution in [1.29, 1.82) is 0 Å². The van der Waals surface area contributed by atoms with Crippen molar-refractivity contribution in [2.24, 2.45) is 0 Å². The van der Waals surface area contributed by atoms with E-state index in [2.05, 4.69) is 15.5 Å². The molecule has 0 saturated carbocycles. The van der Waals surface area contributed by atoms with Crippen LogP contribution in [0.25, 0.3) is 16.8 Å². The third-order valence-corrected chi connectivity index (χ3v) is 3.88. The minimum Gasteiger partial charge on any atom is -0.402 e. The molecule has 0 aliphatic heterocycles. The third-order valence-electron chi connectivity index (χ3n) is 2.67. The Labute approximate surface area is 135 Å². The van der Waals surface area contributed by atoms with E-state index in [4.69, 9.17) is 16.0 Å². The quantitative estimate of drug-likeness (QED) is 0.731. The van der Waals surface area contributed by atoms with E-state index in [1.807, 2.05) is 30.3 Å². The van der Waals surface area contributed by atoms with Crippen LogP contribution in [-0.4, -0.2) is 16.1 Å². The highest BCUT2D eigenvalue weighted by Gasteiger charge is 2.11. The first-order valence-corrected chi connectivity index (χ1v) is 7.53. The Hall–Kier alpha value is -2.44. The molecule has 2 heterocycles. The smallest absolute Gasteiger partial charge is 0.322 e. The first-order chi connectivity index (χ1) is 10.7. The van der Waals surface area contributed by atoms with Crippen LogP contribution in [0.3, 0.4) is 0 Å². The topological polar surface area (TPSA) is 68.0 Å². The number of aromatic nitrogens is 2. The van der Waals surface area contributed by atoms with Gasteiger partial charge in [0.05, 0.1) is 9.21 Å². The lowest BCUT2D eigenvalue weighted by Crippen LogP contribution is -2.07. The van der Waals surface area contributed by atoms with E-state index in [1.54, 1.807) is 18.2 Å². The average Bonchev–Trinajstić information content (AvgIpc) is 3.15. The Kier molecular flexibility index (Phi) is 4.32. The fourth-order valence-electron chi connectivity index (χ4n) is 1.69. The number of anilines is 1. The highest BCUT2D eigenvalue weighted by atomic mass is 35.5. The Morgan fingerprint density at radius 1 is 1.18 bits per heavy atom. The summed E-state index contributed by atoms with van der Waals surface area (Å²) < 4.78 is 6.00. The number of hydrogen-bond acceptors (Lipinski definition) is 5. The van der Waals surface area contributed by atoms with Crippen molar-refractivity contribution < 1.29 is 9.21 Å². The van der Waals surface area contributed by atoms with Gasteiger partial charge in [-0.1, -0.05) is 47.0 Å². The van der Waals surface area contributed by atoms with Gasteiger partial charge in [0.25, 0.3) is 11.8 Å². The summed E-state index contributed by atoms with van der Waals surface area (Å²) >= 11 is 7.17. The lowest BCUT2D eigenvalue weighted by Gasteiger charge is -1.94. The first-order valence-electron chi connectivity index (χ1n) is 6.34. The molecule has 0 saturated heterocycles. The van der Waals surface area contributed by atoms with Crippen LogP contribution in [-0.2, 0) is 4.79 Å². The fraction of sp³-hybridized carbons (Fsp3) is 0. The number of nitrogens with one attached hydrogen (secondary N) is 1. The van der Waals surface area contributed by atoms with Crippen LogP contribution in [0.5, 0.6) is 0 Å². The van der Waals surface area contributed by atoms with Crippen molar-refractivity contribution in [3.8, 4) is 10.8 Å². The summed E-state index contributed by atoms with van der Waals surface area (Å²) in [4.78, 5) is 12.5. The fourth-order valence-corrected chi connectivity index (χ4v) is 2.65. The van der Waals surface area contributed by atoms with E-state index in [1.165, 1.54) is 17.4 Å². The molecule has 1 N–H and O–H groups in total. The van der Waals surface area contributed by atoms with Crippen molar-refractivity contribution in [2.45, 2.75) is 0 Å². The summed E-state index contributed by atoms with van der Waals surface area (Å²) in [5, 5.41) is 10.2. The van der Waals surface area contributed by atoms with Gasteiger partial charge in [0.2, 0.25) is 0 Å². The Balaban J connectivity index is 1.65. The molecule has 0 unspecified atom stereocenters. The van der Waals surface area contributed by atoms with Gasteiger partial charge >= 0.3 is 6.01 Å².